The summed E-state index contributed by atoms with van der Waals surface area (Å²) in [5, 5.41) is 5.55. The summed E-state index contributed by atoms with van der Waals surface area (Å²) < 4.78 is 4.68. The number of amides is 5. The lowest BCUT2D eigenvalue weighted by Gasteiger charge is -2.19. The Balaban J connectivity index is 1.34. The zero-order valence-corrected chi connectivity index (χ0v) is 19.7. The topological polar surface area (TPSA) is 145 Å². The number of ether oxygens (including phenoxy) is 1. The Morgan fingerprint density at radius 1 is 0.765 bits per heavy atom. The van der Waals surface area contributed by atoms with Crippen LogP contribution in [0.25, 0.3) is 0 Å². The SMILES string of the molecule is CCN1CC(C(=O)NCCN2CC(C(=O)NCCN3CC(C(=O)OC)CC3=O)CC2=O)CC1=O. The maximum Gasteiger partial charge on any atom is 0.310 e. The highest BCUT2D eigenvalue weighted by Crippen LogP contribution is 2.20. The van der Waals surface area contributed by atoms with E-state index in [1.807, 2.05) is 6.92 Å². The van der Waals surface area contributed by atoms with Crippen molar-refractivity contribution in [3.63, 3.8) is 0 Å². The van der Waals surface area contributed by atoms with E-state index < -0.39 is 17.8 Å². The minimum Gasteiger partial charge on any atom is -0.469 e. The largest absolute Gasteiger partial charge is 0.469 e. The summed E-state index contributed by atoms with van der Waals surface area (Å²) in [7, 11) is 1.29. The van der Waals surface area contributed by atoms with E-state index in [1.54, 1.807) is 9.80 Å². The fourth-order valence-electron chi connectivity index (χ4n) is 4.65. The van der Waals surface area contributed by atoms with Gasteiger partial charge in [-0.2, -0.15) is 0 Å². The molecule has 3 unspecified atom stereocenters. The second-order valence-corrected chi connectivity index (χ2v) is 8.92. The molecule has 12 heteroatoms. The van der Waals surface area contributed by atoms with Crippen LogP contribution in [0.4, 0.5) is 0 Å². The number of nitrogens with one attached hydrogen (secondary N) is 2. The normalized spacial score (nSPS) is 24.7. The summed E-state index contributed by atoms with van der Waals surface area (Å²) in [6.45, 7) is 4.47. The van der Waals surface area contributed by atoms with Crippen molar-refractivity contribution in [1.82, 2.24) is 25.3 Å². The molecule has 34 heavy (non-hydrogen) atoms. The summed E-state index contributed by atoms with van der Waals surface area (Å²) in [4.78, 5) is 77.2. The molecule has 0 aliphatic carbocycles. The molecule has 12 nitrogen and oxygen atoms in total. The van der Waals surface area contributed by atoms with Crippen LogP contribution in [0.1, 0.15) is 26.2 Å². The molecule has 0 aromatic rings. The van der Waals surface area contributed by atoms with Gasteiger partial charge in [-0.1, -0.05) is 0 Å². The van der Waals surface area contributed by atoms with Gasteiger partial charge in [-0.3, -0.25) is 28.8 Å². The lowest BCUT2D eigenvalue weighted by molar-refractivity contribution is -0.145. The molecule has 3 fully saturated rings. The molecule has 5 amide bonds. The summed E-state index contributed by atoms with van der Waals surface area (Å²) in [5.41, 5.74) is 0. The van der Waals surface area contributed by atoms with Crippen LogP contribution < -0.4 is 10.6 Å². The van der Waals surface area contributed by atoms with Crippen molar-refractivity contribution >= 4 is 35.5 Å². The lowest BCUT2D eigenvalue weighted by Crippen LogP contribution is -2.40. The molecule has 3 saturated heterocycles. The minimum absolute atomic E-state index is 0.0244. The van der Waals surface area contributed by atoms with Gasteiger partial charge < -0.3 is 30.1 Å². The molecule has 0 spiro atoms. The standard InChI is InChI=1S/C22H33N5O7/c1-3-25-11-14(8-17(25)28)20(31)23-4-6-26-12-15(9-18(26)29)21(32)24-5-7-27-13-16(10-19(27)30)22(33)34-2/h14-16H,3-13H2,1-2H3,(H,23,31)(H,24,32). The van der Waals surface area contributed by atoms with Crippen LogP contribution >= 0.6 is 0 Å². The van der Waals surface area contributed by atoms with Crippen molar-refractivity contribution in [3.05, 3.63) is 0 Å². The maximum absolute atomic E-state index is 12.5. The fourth-order valence-corrected chi connectivity index (χ4v) is 4.65. The number of hydrogen-bond donors (Lipinski definition) is 2. The molecular formula is C22H33N5O7. The Hall–Kier alpha value is -3.18. The van der Waals surface area contributed by atoms with E-state index in [4.69, 9.17) is 0 Å². The van der Waals surface area contributed by atoms with Crippen LogP contribution in [-0.4, -0.2) is 110 Å². The van der Waals surface area contributed by atoms with Crippen molar-refractivity contribution < 1.29 is 33.5 Å². The molecule has 2 N–H and O–H groups in total. The van der Waals surface area contributed by atoms with Gasteiger partial charge in [-0.15, -0.1) is 0 Å². The van der Waals surface area contributed by atoms with Crippen LogP contribution in [0.5, 0.6) is 0 Å². The highest BCUT2D eigenvalue weighted by atomic mass is 16.5. The number of methoxy groups -OCH3 is 1. The molecule has 188 valence electrons. The van der Waals surface area contributed by atoms with Crippen LogP contribution in [0, 0.1) is 17.8 Å². The van der Waals surface area contributed by atoms with Crippen molar-refractivity contribution in [2.75, 3.05) is 59.5 Å². The monoisotopic (exact) mass is 479 g/mol. The van der Waals surface area contributed by atoms with Crippen molar-refractivity contribution in [2.24, 2.45) is 17.8 Å². The zero-order valence-electron chi connectivity index (χ0n) is 19.7. The Morgan fingerprint density at radius 3 is 1.62 bits per heavy atom. The quantitative estimate of drug-likeness (QED) is 0.343. The average molecular weight is 480 g/mol. The number of esters is 1. The third-order valence-corrected chi connectivity index (χ3v) is 6.66. The number of hydrogen-bond acceptors (Lipinski definition) is 7. The number of nitrogens with zero attached hydrogens (tertiary/aromatic N) is 3. The van der Waals surface area contributed by atoms with E-state index in [0.29, 0.717) is 19.6 Å². The van der Waals surface area contributed by atoms with E-state index in [-0.39, 0.29) is 87.4 Å². The van der Waals surface area contributed by atoms with E-state index in [2.05, 4.69) is 15.4 Å². The predicted molar refractivity (Wildman–Crippen MR) is 118 cm³/mol. The first kappa shape index (κ1) is 25.4. The smallest absolute Gasteiger partial charge is 0.310 e. The second-order valence-electron chi connectivity index (χ2n) is 8.92. The number of carbonyl (C=O) groups excluding carboxylic acids is 6. The van der Waals surface area contributed by atoms with Gasteiger partial charge in [0.25, 0.3) is 0 Å². The summed E-state index contributed by atoms with van der Waals surface area (Å²) in [6, 6.07) is 0. The molecule has 0 radical (unpaired) electrons. The molecular weight excluding hydrogens is 446 g/mol. The summed E-state index contributed by atoms with van der Waals surface area (Å²) in [6.07, 6.45) is 0.406. The number of rotatable bonds is 10. The average Bonchev–Trinajstić information content (AvgIpc) is 3.50. The van der Waals surface area contributed by atoms with Gasteiger partial charge in [0, 0.05) is 71.6 Å². The third-order valence-electron chi connectivity index (χ3n) is 6.66. The minimum atomic E-state index is -0.495. The molecule has 0 saturated carbocycles. The van der Waals surface area contributed by atoms with E-state index in [0.717, 1.165) is 0 Å². The van der Waals surface area contributed by atoms with Crippen LogP contribution in [-0.2, 0) is 33.5 Å². The first-order valence-electron chi connectivity index (χ1n) is 11.7. The summed E-state index contributed by atoms with van der Waals surface area (Å²) >= 11 is 0. The molecule has 3 rings (SSSR count). The van der Waals surface area contributed by atoms with Crippen molar-refractivity contribution in [1.29, 1.82) is 0 Å². The Kier molecular flexibility index (Phi) is 8.46. The first-order valence-corrected chi connectivity index (χ1v) is 11.7. The Labute approximate surface area is 198 Å². The lowest BCUT2D eigenvalue weighted by atomic mass is 10.1. The van der Waals surface area contributed by atoms with E-state index in [1.165, 1.54) is 12.0 Å². The highest BCUT2D eigenvalue weighted by molar-refractivity contribution is 5.90. The third kappa shape index (κ3) is 6.03. The molecule has 3 aliphatic heterocycles. The van der Waals surface area contributed by atoms with Gasteiger partial charge >= 0.3 is 5.97 Å². The maximum atomic E-state index is 12.5. The van der Waals surface area contributed by atoms with Gasteiger partial charge in [0.1, 0.15) is 0 Å². The number of likely N-dealkylation sites (tertiary alicyclic amines) is 3. The molecule has 0 aromatic heterocycles. The van der Waals surface area contributed by atoms with Crippen LogP contribution in [0.15, 0.2) is 0 Å². The van der Waals surface area contributed by atoms with Gasteiger partial charge in [0.2, 0.25) is 29.5 Å². The summed E-state index contributed by atoms with van der Waals surface area (Å²) in [5.74, 6) is -2.55. The van der Waals surface area contributed by atoms with Gasteiger partial charge in [-0.25, -0.2) is 0 Å². The molecule has 3 aliphatic rings. The molecule has 0 aromatic carbocycles. The van der Waals surface area contributed by atoms with Crippen molar-refractivity contribution in [2.45, 2.75) is 26.2 Å². The van der Waals surface area contributed by atoms with E-state index in [9.17, 15) is 28.8 Å². The highest BCUT2D eigenvalue weighted by Gasteiger charge is 2.37. The van der Waals surface area contributed by atoms with Gasteiger partial charge in [-0.05, 0) is 6.92 Å². The molecule has 0 bridgehead atoms. The van der Waals surface area contributed by atoms with Crippen LogP contribution in [0.2, 0.25) is 0 Å². The first-order chi connectivity index (χ1) is 16.2. The fraction of sp³-hybridized carbons (Fsp3) is 0.727. The molecule has 3 atom stereocenters. The number of carbonyl (C=O) groups is 6. The predicted octanol–water partition coefficient (Wildman–Crippen LogP) is -2.04. The zero-order chi connectivity index (χ0) is 24.8. The van der Waals surface area contributed by atoms with E-state index >= 15 is 0 Å². The second kappa shape index (κ2) is 11.3. The van der Waals surface area contributed by atoms with Crippen LogP contribution in [0.3, 0.4) is 0 Å². The Morgan fingerprint density at radius 2 is 1.18 bits per heavy atom. The van der Waals surface area contributed by atoms with Gasteiger partial charge in [0.05, 0.1) is 24.9 Å². The Bertz CT molecular complexity index is 848. The molecule has 3 heterocycles. The van der Waals surface area contributed by atoms with Crippen molar-refractivity contribution in [3.8, 4) is 0 Å². The van der Waals surface area contributed by atoms with Gasteiger partial charge in [0.15, 0.2) is 0 Å².